The van der Waals surface area contributed by atoms with Crippen molar-refractivity contribution in [3.63, 3.8) is 0 Å². The van der Waals surface area contributed by atoms with Gasteiger partial charge in [-0.1, -0.05) is 36.4 Å². The largest absolute Gasteiger partial charge is 0.485 e. The first-order valence-electron chi connectivity index (χ1n) is 10.7. The second-order valence-corrected chi connectivity index (χ2v) is 8.44. The molecule has 0 unspecified atom stereocenters. The van der Waals surface area contributed by atoms with Crippen molar-refractivity contribution in [1.29, 1.82) is 0 Å². The molecule has 1 aliphatic rings. The highest BCUT2D eigenvalue weighted by Gasteiger charge is 2.29. The quantitative estimate of drug-likeness (QED) is 0.414. The van der Waals surface area contributed by atoms with E-state index in [1.807, 2.05) is 35.7 Å². The van der Waals surface area contributed by atoms with Crippen LogP contribution in [-0.2, 0) is 14.3 Å². The molecular weight excluding hydrogens is 470 g/mol. The molecule has 5 rings (SSSR count). The molecular formula is C25H19N3O6S. The van der Waals surface area contributed by atoms with Crippen LogP contribution in [0.4, 0.5) is 0 Å². The summed E-state index contributed by atoms with van der Waals surface area (Å²) in [4.78, 5) is 38.5. The first-order valence-corrected chi connectivity index (χ1v) is 11.5. The predicted octanol–water partition coefficient (Wildman–Crippen LogP) is 3.24. The van der Waals surface area contributed by atoms with Crippen molar-refractivity contribution < 1.29 is 28.6 Å². The number of hydrogen-bond acceptors (Lipinski definition) is 8. The van der Waals surface area contributed by atoms with Crippen molar-refractivity contribution in [2.75, 3.05) is 13.2 Å². The summed E-state index contributed by atoms with van der Waals surface area (Å²) in [6, 6.07) is 21.4. The Morgan fingerprint density at radius 3 is 2.57 bits per heavy atom. The second-order valence-electron chi connectivity index (χ2n) is 7.49. The summed E-state index contributed by atoms with van der Waals surface area (Å²) in [6.45, 7) is -0.694. The summed E-state index contributed by atoms with van der Waals surface area (Å²) in [5.74, 6) is -1.29. The number of carbonyl (C=O) groups is 3. The molecule has 0 spiro atoms. The van der Waals surface area contributed by atoms with Crippen LogP contribution < -0.4 is 14.8 Å². The normalized spacial score (nSPS) is 14.2. The Labute approximate surface area is 203 Å². The minimum Gasteiger partial charge on any atom is -0.485 e. The number of imide groups is 1. The number of para-hydroxylation sites is 3. The van der Waals surface area contributed by atoms with E-state index in [2.05, 4.69) is 10.4 Å². The number of esters is 1. The van der Waals surface area contributed by atoms with Gasteiger partial charge in [-0.05, 0) is 35.7 Å². The zero-order valence-corrected chi connectivity index (χ0v) is 19.1. The number of nitrogens with one attached hydrogen (secondary N) is 1. The van der Waals surface area contributed by atoms with Gasteiger partial charge in [0.15, 0.2) is 23.8 Å². The number of hydrogen-bond donors (Lipinski definition) is 1. The summed E-state index contributed by atoms with van der Waals surface area (Å²) in [5, 5.41) is 8.63. The van der Waals surface area contributed by atoms with E-state index in [-0.39, 0.29) is 12.3 Å². The Balaban J connectivity index is 1.24. The van der Waals surface area contributed by atoms with Crippen LogP contribution in [-0.4, -0.2) is 46.9 Å². The molecule has 4 aromatic rings. The highest BCUT2D eigenvalue weighted by atomic mass is 32.1. The fourth-order valence-corrected chi connectivity index (χ4v) is 4.13. The van der Waals surface area contributed by atoms with Crippen LogP contribution in [0.1, 0.15) is 10.5 Å². The van der Waals surface area contributed by atoms with Gasteiger partial charge in [-0.3, -0.25) is 14.9 Å². The molecule has 35 heavy (non-hydrogen) atoms. The first-order chi connectivity index (χ1) is 17.1. The molecule has 0 fully saturated rings. The van der Waals surface area contributed by atoms with E-state index in [1.165, 1.54) is 16.0 Å². The standard InChI is InChI=1S/C25H19N3O6S/c29-23(26-24(30)21-14-32-19-9-4-5-10-20(19)34-21)15-33-25(31)18-13-17(22-11-6-12-35-22)27-28(18)16-7-2-1-3-8-16/h1-13,21H,14-15H2,(H,26,29,30)/t21-/m1/s1. The highest BCUT2D eigenvalue weighted by molar-refractivity contribution is 7.13. The van der Waals surface area contributed by atoms with Gasteiger partial charge in [-0.2, -0.15) is 5.10 Å². The number of benzene rings is 2. The van der Waals surface area contributed by atoms with Gasteiger partial charge in [-0.25, -0.2) is 9.48 Å². The lowest BCUT2D eigenvalue weighted by Crippen LogP contribution is -2.47. The lowest BCUT2D eigenvalue weighted by atomic mass is 10.2. The summed E-state index contributed by atoms with van der Waals surface area (Å²) in [7, 11) is 0. The molecule has 0 aliphatic carbocycles. The Morgan fingerprint density at radius 2 is 1.80 bits per heavy atom. The Hall–Kier alpha value is -4.44. The summed E-state index contributed by atoms with van der Waals surface area (Å²) in [5.41, 5.74) is 1.42. The fourth-order valence-electron chi connectivity index (χ4n) is 3.44. The van der Waals surface area contributed by atoms with Crippen LogP contribution in [0.25, 0.3) is 16.3 Å². The third-order valence-electron chi connectivity index (χ3n) is 5.09. The maximum Gasteiger partial charge on any atom is 0.357 e. The predicted molar refractivity (Wildman–Crippen MR) is 127 cm³/mol. The number of aromatic nitrogens is 2. The molecule has 1 N–H and O–H groups in total. The molecule has 0 saturated heterocycles. The monoisotopic (exact) mass is 489 g/mol. The van der Waals surface area contributed by atoms with Crippen molar-refractivity contribution in [3.05, 3.63) is 83.9 Å². The molecule has 0 bridgehead atoms. The van der Waals surface area contributed by atoms with E-state index < -0.39 is 30.5 Å². The van der Waals surface area contributed by atoms with Crippen molar-refractivity contribution >= 4 is 29.1 Å². The maximum absolute atomic E-state index is 12.9. The van der Waals surface area contributed by atoms with Crippen LogP contribution >= 0.6 is 11.3 Å². The van der Waals surface area contributed by atoms with Crippen molar-refractivity contribution in [2.45, 2.75) is 6.10 Å². The second kappa shape index (κ2) is 9.82. The van der Waals surface area contributed by atoms with Gasteiger partial charge in [0.05, 0.1) is 10.6 Å². The van der Waals surface area contributed by atoms with E-state index in [1.54, 1.807) is 42.5 Å². The van der Waals surface area contributed by atoms with Gasteiger partial charge >= 0.3 is 5.97 Å². The third-order valence-corrected chi connectivity index (χ3v) is 5.98. The summed E-state index contributed by atoms with van der Waals surface area (Å²) < 4.78 is 17.7. The molecule has 1 aliphatic heterocycles. The SMILES string of the molecule is O=C(COC(=O)c1cc(-c2cccs2)nn1-c1ccccc1)NC(=O)[C@H]1COc2ccccc2O1. The molecule has 0 radical (unpaired) electrons. The number of thiophene rings is 1. The van der Waals surface area contributed by atoms with Crippen LogP contribution in [0, 0.1) is 0 Å². The molecule has 2 aromatic carbocycles. The van der Waals surface area contributed by atoms with Gasteiger partial charge in [0, 0.05) is 6.07 Å². The number of nitrogens with zero attached hydrogens (tertiary/aromatic N) is 2. The average Bonchev–Trinajstić information content (AvgIpc) is 3.58. The molecule has 1 atom stereocenters. The van der Waals surface area contributed by atoms with Gasteiger partial charge in [0.1, 0.15) is 12.3 Å². The maximum atomic E-state index is 12.9. The number of fused-ring (bicyclic) bond motifs is 1. The van der Waals surface area contributed by atoms with E-state index >= 15 is 0 Å². The molecule has 3 heterocycles. The number of ether oxygens (including phenoxy) is 3. The number of amides is 2. The van der Waals surface area contributed by atoms with E-state index in [4.69, 9.17) is 14.2 Å². The van der Waals surface area contributed by atoms with Gasteiger partial charge in [-0.15, -0.1) is 11.3 Å². The minimum atomic E-state index is -1.00. The van der Waals surface area contributed by atoms with Gasteiger partial charge < -0.3 is 14.2 Å². The number of rotatable bonds is 6. The average molecular weight is 490 g/mol. The highest BCUT2D eigenvalue weighted by Crippen LogP contribution is 2.31. The number of carbonyl (C=O) groups excluding carboxylic acids is 3. The van der Waals surface area contributed by atoms with Crippen LogP contribution in [0.5, 0.6) is 11.5 Å². The summed E-state index contributed by atoms with van der Waals surface area (Å²) in [6.07, 6.45) is -1.00. The minimum absolute atomic E-state index is 0.0440. The molecule has 176 valence electrons. The van der Waals surface area contributed by atoms with E-state index in [9.17, 15) is 14.4 Å². The smallest absolute Gasteiger partial charge is 0.357 e. The molecule has 2 aromatic heterocycles. The van der Waals surface area contributed by atoms with Crippen LogP contribution in [0.2, 0.25) is 0 Å². The Bertz CT molecular complexity index is 1370. The Morgan fingerprint density at radius 1 is 1.03 bits per heavy atom. The van der Waals surface area contributed by atoms with Crippen LogP contribution in [0.3, 0.4) is 0 Å². The van der Waals surface area contributed by atoms with E-state index in [0.717, 1.165) is 4.88 Å². The van der Waals surface area contributed by atoms with Gasteiger partial charge in [0.25, 0.3) is 11.8 Å². The summed E-state index contributed by atoms with van der Waals surface area (Å²) >= 11 is 1.49. The first kappa shape index (κ1) is 22.4. The molecule has 10 heteroatoms. The van der Waals surface area contributed by atoms with Gasteiger partial charge in [0.2, 0.25) is 6.10 Å². The molecule has 2 amide bonds. The Kier molecular flexibility index (Phi) is 6.27. The van der Waals surface area contributed by atoms with E-state index in [0.29, 0.717) is 22.9 Å². The topological polar surface area (TPSA) is 109 Å². The fraction of sp³-hybridized carbons (Fsp3) is 0.120. The van der Waals surface area contributed by atoms with Crippen molar-refractivity contribution in [1.82, 2.24) is 15.1 Å². The lowest BCUT2D eigenvalue weighted by Gasteiger charge is -2.25. The third kappa shape index (κ3) is 4.92. The van der Waals surface area contributed by atoms with Crippen LogP contribution in [0.15, 0.2) is 78.2 Å². The molecule has 9 nitrogen and oxygen atoms in total. The zero-order valence-electron chi connectivity index (χ0n) is 18.2. The van der Waals surface area contributed by atoms with Crippen molar-refractivity contribution in [2.24, 2.45) is 0 Å². The zero-order chi connectivity index (χ0) is 24.2. The lowest BCUT2D eigenvalue weighted by molar-refractivity contribution is -0.137. The molecule has 0 saturated carbocycles. The van der Waals surface area contributed by atoms with Crippen molar-refractivity contribution in [3.8, 4) is 27.8 Å².